The number of aromatic nitrogens is 1. The molecule has 2 aromatic carbocycles. The lowest BCUT2D eigenvalue weighted by molar-refractivity contribution is -0.132. The molecule has 1 aliphatic heterocycles. The number of aryl methyl sites for hydroxylation is 2. The lowest BCUT2D eigenvalue weighted by atomic mass is 9.85. The second-order valence-electron chi connectivity index (χ2n) is 10.6. The number of amides is 1. The summed E-state index contributed by atoms with van der Waals surface area (Å²) in [5, 5.41) is 11.7. The van der Waals surface area contributed by atoms with Gasteiger partial charge in [-0.1, -0.05) is 56.4 Å². The van der Waals surface area contributed by atoms with E-state index in [4.69, 9.17) is 9.47 Å². The summed E-state index contributed by atoms with van der Waals surface area (Å²) in [6.07, 6.45) is 0. The van der Waals surface area contributed by atoms with Crippen molar-refractivity contribution in [3.8, 4) is 5.75 Å². The fourth-order valence-corrected chi connectivity index (χ4v) is 5.64. The first kappa shape index (κ1) is 29.0. The fourth-order valence-electron chi connectivity index (χ4n) is 4.65. The summed E-state index contributed by atoms with van der Waals surface area (Å²) in [4.78, 5) is 45.6. The number of nitrogens with zero attached hydrogens (tertiary/aromatic N) is 2. The van der Waals surface area contributed by atoms with E-state index in [-0.39, 0.29) is 33.4 Å². The van der Waals surface area contributed by atoms with Gasteiger partial charge in [-0.05, 0) is 68.0 Å². The number of Topliss-reactive ketones (excluding diaryl/α,β-unsaturated/α-hetero) is 1. The molecule has 1 saturated heterocycles. The summed E-state index contributed by atoms with van der Waals surface area (Å²) in [5.41, 5.74) is 3.10. The Labute approximate surface area is 238 Å². The van der Waals surface area contributed by atoms with Gasteiger partial charge in [0.15, 0.2) is 5.13 Å². The molecule has 0 radical (unpaired) electrons. The molecule has 1 fully saturated rings. The Bertz CT molecular complexity index is 1500. The van der Waals surface area contributed by atoms with Crippen molar-refractivity contribution in [3.63, 3.8) is 0 Å². The predicted molar refractivity (Wildman–Crippen MR) is 155 cm³/mol. The molecule has 1 atom stereocenters. The average Bonchev–Trinajstić information content (AvgIpc) is 3.41. The highest BCUT2D eigenvalue weighted by Crippen LogP contribution is 2.44. The normalized spacial score (nSPS) is 16.9. The van der Waals surface area contributed by atoms with Crippen molar-refractivity contribution in [1.29, 1.82) is 0 Å². The zero-order chi connectivity index (χ0) is 29.4. The minimum Gasteiger partial charge on any atom is -0.507 e. The Hall–Kier alpha value is -3.98. The van der Waals surface area contributed by atoms with Gasteiger partial charge >= 0.3 is 11.9 Å². The van der Waals surface area contributed by atoms with Gasteiger partial charge in [-0.2, -0.15) is 0 Å². The molecule has 0 saturated carbocycles. The van der Waals surface area contributed by atoms with E-state index < -0.39 is 23.7 Å². The molecule has 1 aromatic heterocycles. The Balaban J connectivity index is 1.91. The molecule has 9 heteroatoms. The minimum atomic E-state index is -0.957. The van der Waals surface area contributed by atoms with Crippen LogP contribution in [0, 0.1) is 13.8 Å². The first-order valence-electron chi connectivity index (χ1n) is 13.2. The largest absolute Gasteiger partial charge is 0.507 e. The maximum Gasteiger partial charge on any atom is 0.350 e. The minimum absolute atomic E-state index is 0.0531. The number of rotatable bonds is 7. The van der Waals surface area contributed by atoms with Crippen molar-refractivity contribution in [2.24, 2.45) is 0 Å². The number of benzene rings is 2. The highest BCUT2D eigenvalue weighted by molar-refractivity contribution is 7.17. The Morgan fingerprint density at radius 1 is 1.05 bits per heavy atom. The molecule has 4 rings (SSSR count). The smallest absolute Gasteiger partial charge is 0.350 e. The number of ether oxygens (including phenoxy) is 2. The second-order valence-corrected chi connectivity index (χ2v) is 11.6. The van der Waals surface area contributed by atoms with Crippen LogP contribution >= 0.6 is 11.3 Å². The van der Waals surface area contributed by atoms with Crippen LogP contribution in [0.3, 0.4) is 0 Å². The van der Waals surface area contributed by atoms with Gasteiger partial charge in [-0.25, -0.2) is 9.78 Å². The zero-order valence-electron chi connectivity index (χ0n) is 23.8. The summed E-state index contributed by atoms with van der Waals surface area (Å²) in [6.45, 7) is 14.1. The van der Waals surface area contributed by atoms with Crippen LogP contribution in [-0.4, -0.2) is 41.0 Å². The van der Waals surface area contributed by atoms with Crippen molar-refractivity contribution < 1.29 is 29.0 Å². The van der Waals surface area contributed by atoms with Crippen molar-refractivity contribution in [2.75, 3.05) is 18.1 Å². The SMILES string of the molecule is CCOC(=O)c1sc(N2C(=O)C(=O)C(=C(O)c3ccc(OCC)c(C)c3)C2c2ccc(C(C)(C)C)cc2)nc1C. The molecule has 8 nitrogen and oxygen atoms in total. The lowest BCUT2D eigenvalue weighted by Gasteiger charge is -2.25. The number of anilines is 1. The highest BCUT2D eigenvalue weighted by atomic mass is 32.1. The highest BCUT2D eigenvalue weighted by Gasteiger charge is 2.48. The number of carbonyl (C=O) groups is 3. The molecule has 1 amide bonds. The van der Waals surface area contributed by atoms with Crippen LogP contribution < -0.4 is 9.64 Å². The Morgan fingerprint density at radius 2 is 1.73 bits per heavy atom. The van der Waals surface area contributed by atoms with Gasteiger partial charge in [0.2, 0.25) is 0 Å². The number of thiazole rings is 1. The number of aliphatic hydroxyl groups is 1. The van der Waals surface area contributed by atoms with E-state index in [1.54, 1.807) is 32.0 Å². The molecular formula is C31H34N2O6S. The zero-order valence-corrected chi connectivity index (χ0v) is 24.6. The summed E-state index contributed by atoms with van der Waals surface area (Å²) in [7, 11) is 0. The first-order valence-corrected chi connectivity index (χ1v) is 14.0. The monoisotopic (exact) mass is 562 g/mol. The van der Waals surface area contributed by atoms with E-state index in [0.29, 0.717) is 29.2 Å². The molecule has 1 N–H and O–H groups in total. The van der Waals surface area contributed by atoms with Gasteiger partial charge in [-0.15, -0.1) is 0 Å². The number of carbonyl (C=O) groups excluding carboxylic acids is 3. The molecule has 1 aliphatic rings. The topological polar surface area (TPSA) is 106 Å². The maximum atomic E-state index is 13.5. The van der Waals surface area contributed by atoms with Gasteiger partial charge < -0.3 is 14.6 Å². The van der Waals surface area contributed by atoms with Crippen LogP contribution in [-0.2, 0) is 19.7 Å². The van der Waals surface area contributed by atoms with Crippen LogP contribution in [0.5, 0.6) is 5.75 Å². The Kier molecular flexibility index (Phi) is 8.16. The van der Waals surface area contributed by atoms with Crippen LogP contribution in [0.4, 0.5) is 5.13 Å². The third-order valence-corrected chi connectivity index (χ3v) is 7.87. The number of ketones is 1. The molecule has 0 bridgehead atoms. The molecule has 0 aliphatic carbocycles. The van der Waals surface area contributed by atoms with Gasteiger partial charge in [0, 0.05) is 5.56 Å². The van der Waals surface area contributed by atoms with Crippen molar-refractivity contribution in [1.82, 2.24) is 4.98 Å². The van der Waals surface area contributed by atoms with Crippen molar-refractivity contribution in [2.45, 2.75) is 59.9 Å². The summed E-state index contributed by atoms with van der Waals surface area (Å²) >= 11 is 0.982. The molecule has 0 spiro atoms. The summed E-state index contributed by atoms with van der Waals surface area (Å²) < 4.78 is 10.8. The molecule has 40 heavy (non-hydrogen) atoms. The number of esters is 1. The van der Waals surface area contributed by atoms with E-state index >= 15 is 0 Å². The third kappa shape index (κ3) is 5.38. The predicted octanol–water partition coefficient (Wildman–Crippen LogP) is 6.26. The average molecular weight is 563 g/mol. The summed E-state index contributed by atoms with van der Waals surface area (Å²) in [6, 6.07) is 11.8. The molecule has 1 unspecified atom stereocenters. The third-order valence-electron chi connectivity index (χ3n) is 6.74. The van der Waals surface area contributed by atoms with E-state index in [1.165, 1.54) is 4.90 Å². The maximum absolute atomic E-state index is 13.5. The standard InChI is InChI=1S/C31H34N2O6S/c1-8-38-22-15-12-20(16-17(22)3)25(34)23-24(19-10-13-21(14-11-19)31(5,6)7)33(28(36)26(23)35)30-32-18(4)27(40-30)29(37)39-9-2/h10-16,24,34H,8-9H2,1-7H3. The van der Waals surface area contributed by atoms with E-state index in [0.717, 1.165) is 22.5 Å². The quantitative estimate of drug-likeness (QED) is 0.157. The molecule has 3 aromatic rings. The van der Waals surface area contributed by atoms with Crippen LogP contribution in [0.15, 0.2) is 48.0 Å². The van der Waals surface area contributed by atoms with Gasteiger partial charge in [-0.3, -0.25) is 14.5 Å². The van der Waals surface area contributed by atoms with Crippen LogP contribution in [0.2, 0.25) is 0 Å². The number of hydrogen-bond acceptors (Lipinski definition) is 8. The summed E-state index contributed by atoms with van der Waals surface area (Å²) in [5.74, 6) is -1.84. The molecule has 2 heterocycles. The van der Waals surface area contributed by atoms with Gasteiger partial charge in [0.25, 0.3) is 5.78 Å². The van der Waals surface area contributed by atoms with Crippen LogP contribution in [0.25, 0.3) is 5.76 Å². The Morgan fingerprint density at radius 3 is 2.30 bits per heavy atom. The molecular weight excluding hydrogens is 528 g/mol. The molecule has 210 valence electrons. The van der Waals surface area contributed by atoms with Crippen LogP contribution in [0.1, 0.15) is 78.3 Å². The van der Waals surface area contributed by atoms with Gasteiger partial charge in [0.1, 0.15) is 16.4 Å². The van der Waals surface area contributed by atoms with E-state index in [1.807, 2.05) is 38.1 Å². The second kappa shape index (κ2) is 11.3. The number of aliphatic hydroxyl groups excluding tert-OH is 1. The number of hydrogen-bond donors (Lipinski definition) is 1. The van der Waals surface area contributed by atoms with E-state index in [9.17, 15) is 19.5 Å². The first-order chi connectivity index (χ1) is 18.9. The fraction of sp³-hybridized carbons (Fsp3) is 0.355. The van der Waals surface area contributed by atoms with E-state index in [2.05, 4.69) is 25.8 Å². The lowest BCUT2D eigenvalue weighted by Crippen LogP contribution is -2.29. The van der Waals surface area contributed by atoms with Crippen molar-refractivity contribution in [3.05, 3.63) is 80.9 Å². The van der Waals surface area contributed by atoms with Crippen molar-refractivity contribution >= 4 is 39.9 Å². The van der Waals surface area contributed by atoms with Gasteiger partial charge in [0.05, 0.1) is 30.5 Å².